The molecule has 0 aliphatic heterocycles. The first-order valence-corrected chi connectivity index (χ1v) is 4.43. The first-order valence-electron chi connectivity index (χ1n) is 4.43. The monoisotopic (exact) mass is 209 g/mol. The van der Waals surface area contributed by atoms with Crippen LogP contribution in [0.2, 0.25) is 0 Å². The number of nitrogens with zero attached hydrogens (tertiary/aromatic N) is 1. The zero-order chi connectivity index (χ0) is 11.3. The highest BCUT2D eigenvalue weighted by Gasteiger charge is 2.13. The quantitative estimate of drug-likeness (QED) is 0.306. The van der Waals surface area contributed by atoms with E-state index in [4.69, 9.17) is 0 Å². The van der Waals surface area contributed by atoms with Gasteiger partial charge in [-0.05, 0) is 12.0 Å². The number of carbonyl (C=O) groups is 1. The molecule has 0 fully saturated rings. The fourth-order valence-corrected chi connectivity index (χ4v) is 1.18. The van der Waals surface area contributed by atoms with Crippen molar-refractivity contribution in [3.63, 3.8) is 0 Å². The second kappa shape index (κ2) is 5.09. The minimum atomic E-state index is -0.431. The zero-order valence-corrected chi connectivity index (χ0v) is 8.30. The highest BCUT2D eigenvalue weighted by Crippen LogP contribution is 2.19. The lowest BCUT2D eigenvalue weighted by atomic mass is 10.0. The first-order chi connectivity index (χ1) is 7.13. The average molecular weight is 209 g/mol. The van der Waals surface area contributed by atoms with Crippen LogP contribution in [0.1, 0.15) is 12.8 Å². The third kappa shape index (κ3) is 3.38. The summed E-state index contributed by atoms with van der Waals surface area (Å²) < 4.78 is 4.42. The third-order valence-corrected chi connectivity index (χ3v) is 2.03. The van der Waals surface area contributed by atoms with Gasteiger partial charge < -0.3 is 4.74 Å². The van der Waals surface area contributed by atoms with Crippen LogP contribution < -0.4 is 0 Å². The molecule has 0 aromatic rings. The van der Waals surface area contributed by atoms with Gasteiger partial charge in [-0.1, -0.05) is 12.2 Å². The number of hydrogen-bond acceptors (Lipinski definition) is 4. The highest BCUT2D eigenvalue weighted by atomic mass is 16.6. The molecule has 0 saturated heterocycles. The van der Waals surface area contributed by atoms with Crippen LogP contribution in [0.4, 0.5) is 0 Å². The lowest BCUT2D eigenvalue weighted by molar-refractivity contribution is -0.428. The molecule has 0 aromatic heterocycles. The van der Waals surface area contributed by atoms with Crippen LogP contribution in [0.5, 0.6) is 0 Å². The molecule has 0 heterocycles. The summed E-state index contributed by atoms with van der Waals surface area (Å²) in [6, 6.07) is 0. The Bertz CT molecular complexity index is 366. The van der Waals surface area contributed by atoms with Gasteiger partial charge in [-0.15, -0.1) is 0 Å². The Kier molecular flexibility index (Phi) is 3.79. The molecule has 80 valence electrons. The maximum absolute atomic E-state index is 10.8. The number of carbonyl (C=O) groups excluding carboxylic acids is 1. The predicted molar refractivity (Wildman–Crippen MR) is 53.6 cm³/mol. The summed E-state index contributed by atoms with van der Waals surface area (Å²) >= 11 is 0. The smallest absolute Gasteiger partial charge is 0.330 e. The van der Waals surface area contributed by atoms with E-state index in [1.54, 1.807) is 12.2 Å². The van der Waals surface area contributed by atoms with Crippen molar-refractivity contribution < 1.29 is 14.5 Å². The lowest BCUT2D eigenvalue weighted by Crippen LogP contribution is -2.02. The van der Waals surface area contributed by atoms with E-state index in [2.05, 4.69) is 4.74 Å². The van der Waals surface area contributed by atoms with Gasteiger partial charge in [-0.2, -0.15) is 0 Å². The van der Waals surface area contributed by atoms with Crippen LogP contribution in [-0.2, 0) is 9.53 Å². The molecule has 1 rings (SSSR count). The molecular weight excluding hydrogens is 198 g/mol. The first kappa shape index (κ1) is 11.2. The van der Waals surface area contributed by atoms with Crippen LogP contribution >= 0.6 is 0 Å². The summed E-state index contributed by atoms with van der Waals surface area (Å²) in [6.07, 6.45) is 6.97. The van der Waals surface area contributed by atoms with Crippen molar-refractivity contribution in [2.45, 2.75) is 12.8 Å². The number of hydrogen-bond donors (Lipinski definition) is 0. The summed E-state index contributed by atoms with van der Waals surface area (Å²) in [4.78, 5) is 20.8. The normalized spacial score (nSPS) is 15.8. The molecule has 0 N–H and O–H groups in total. The summed E-state index contributed by atoms with van der Waals surface area (Å²) in [6.45, 7) is 0. The van der Waals surface area contributed by atoms with Crippen LogP contribution in [0.25, 0.3) is 0 Å². The van der Waals surface area contributed by atoms with Gasteiger partial charge in [-0.3, -0.25) is 10.1 Å². The SMILES string of the molecule is COC(=O)/C=C/C1=CC=C([N+](=O)[O-])CC1. The van der Waals surface area contributed by atoms with E-state index in [0.29, 0.717) is 12.8 Å². The highest BCUT2D eigenvalue weighted by molar-refractivity contribution is 5.82. The molecule has 0 radical (unpaired) electrons. The van der Waals surface area contributed by atoms with E-state index in [1.807, 2.05) is 0 Å². The van der Waals surface area contributed by atoms with Crippen molar-refractivity contribution in [2.24, 2.45) is 0 Å². The van der Waals surface area contributed by atoms with Gasteiger partial charge in [0.15, 0.2) is 0 Å². The van der Waals surface area contributed by atoms with Crippen molar-refractivity contribution >= 4 is 5.97 Å². The number of ether oxygens (including phenoxy) is 1. The molecule has 0 bridgehead atoms. The van der Waals surface area contributed by atoms with Gasteiger partial charge >= 0.3 is 5.97 Å². The van der Waals surface area contributed by atoms with Gasteiger partial charge in [0.25, 0.3) is 0 Å². The molecule has 0 amide bonds. The molecule has 0 unspecified atom stereocenters. The molecule has 1 aliphatic rings. The van der Waals surface area contributed by atoms with Gasteiger partial charge in [0.1, 0.15) is 0 Å². The maximum Gasteiger partial charge on any atom is 0.330 e. The minimum absolute atomic E-state index is 0.199. The molecule has 5 heteroatoms. The van der Waals surface area contributed by atoms with Crippen LogP contribution in [0, 0.1) is 10.1 Å². The number of methoxy groups -OCH3 is 1. The van der Waals surface area contributed by atoms with Crippen molar-refractivity contribution in [1.82, 2.24) is 0 Å². The van der Waals surface area contributed by atoms with Crippen molar-refractivity contribution in [1.29, 1.82) is 0 Å². The molecule has 0 aromatic carbocycles. The standard InChI is InChI=1S/C10H11NO4/c1-15-10(12)7-4-8-2-5-9(6-3-8)11(13)14/h2,4-5,7H,3,6H2,1H3/b7-4+. The van der Waals surface area contributed by atoms with E-state index in [1.165, 1.54) is 19.3 Å². The van der Waals surface area contributed by atoms with Gasteiger partial charge in [0.05, 0.1) is 12.0 Å². The topological polar surface area (TPSA) is 69.4 Å². The summed E-state index contributed by atoms with van der Waals surface area (Å²) in [5.74, 6) is -0.431. The van der Waals surface area contributed by atoms with Gasteiger partial charge in [0, 0.05) is 18.6 Å². The number of allylic oxidation sites excluding steroid dienone is 5. The maximum atomic E-state index is 10.8. The Hall–Kier alpha value is -1.91. The zero-order valence-electron chi connectivity index (χ0n) is 8.30. The number of rotatable bonds is 3. The molecule has 5 nitrogen and oxygen atoms in total. The second-order valence-electron chi connectivity index (χ2n) is 3.01. The van der Waals surface area contributed by atoms with Crippen molar-refractivity contribution in [3.8, 4) is 0 Å². The van der Waals surface area contributed by atoms with Crippen LogP contribution in [0.15, 0.2) is 35.6 Å². The van der Waals surface area contributed by atoms with E-state index in [-0.39, 0.29) is 5.70 Å². The molecule has 1 aliphatic carbocycles. The third-order valence-electron chi connectivity index (χ3n) is 2.03. The Morgan fingerprint density at radius 2 is 2.27 bits per heavy atom. The predicted octanol–water partition coefficient (Wildman–Crippen LogP) is 1.60. The molecular formula is C10H11NO4. The summed E-state index contributed by atoms with van der Waals surface area (Å²) in [5.41, 5.74) is 1.08. The molecule has 15 heavy (non-hydrogen) atoms. The molecule has 0 atom stereocenters. The van der Waals surface area contributed by atoms with Crippen molar-refractivity contribution in [2.75, 3.05) is 7.11 Å². The fourth-order valence-electron chi connectivity index (χ4n) is 1.18. The van der Waals surface area contributed by atoms with Crippen LogP contribution in [-0.4, -0.2) is 18.0 Å². The van der Waals surface area contributed by atoms with E-state index in [0.717, 1.165) is 5.57 Å². The molecule has 0 saturated carbocycles. The Balaban J connectivity index is 2.64. The second-order valence-corrected chi connectivity index (χ2v) is 3.01. The van der Waals surface area contributed by atoms with E-state index < -0.39 is 10.9 Å². The van der Waals surface area contributed by atoms with Gasteiger partial charge in [-0.25, -0.2) is 4.79 Å². The fraction of sp³-hybridized carbons (Fsp3) is 0.300. The average Bonchev–Trinajstić information content (AvgIpc) is 2.26. The summed E-state index contributed by atoms with van der Waals surface area (Å²) in [5, 5.41) is 10.4. The number of esters is 1. The number of nitro groups is 1. The van der Waals surface area contributed by atoms with Crippen LogP contribution in [0.3, 0.4) is 0 Å². The minimum Gasteiger partial charge on any atom is -0.466 e. The van der Waals surface area contributed by atoms with Gasteiger partial charge in [0.2, 0.25) is 5.70 Å². The lowest BCUT2D eigenvalue weighted by Gasteiger charge is -2.05. The molecule has 0 spiro atoms. The Morgan fingerprint density at radius 3 is 2.73 bits per heavy atom. The van der Waals surface area contributed by atoms with Crippen molar-refractivity contribution in [3.05, 3.63) is 45.7 Å². The Morgan fingerprint density at radius 1 is 1.53 bits per heavy atom. The summed E-state index contributed by atoms with van der Waals surface area (Å²) in [7, 11) is 1.30. The van der Waals surface area contributed by atoms with E-state index >= 15 is 0 Å². The van der Waals surface area contributed by atoms with E-state index in [9.17, 15) is 14.9 Å². The largest absolute Gasteiger partial charge is 0.466 e. The Labute approximate surface area is 86.9 Å².